The molecule has 2 N–H and O–H groups in total. The summed E-state index contributed by atoms with van der Waals surface area (Å²) in [5.74, 6) is 0. The van der Waals surface area contributed by atoms with Crippen LogP contribution in [-0.4, -0.2) is 21.7 Å². The predicted molar refractivity (Wildman–Crippen MR) is 79.9 cm³/mol. The lowest BCUT2D eigenvalue weighted by atomic mass is 10.1. The lowest BCUT2D eigenvalue weighted by Crippen LogP contribution is -2.25. The van der Waals surface area contributed by atoms with E-state index < -0.39 is 0 Å². The SMILES string of the molecule is Cc1cccc(C(CO)NCc2ccc(Cl)nc2Cl)n1. The minimum Gasteiger partial charge on any atom is -0.394 e. The van der Waals surface area contributed by atoms with Crippen molar-refractivity contribution in [1.82, 2.24) is 15.3 Å². The van der Waals surface area contributed by atoms with E-state index >= 15 is 0 Å². The second-order valence-corrected chi connectivity index (χ2v) is 5.15. The molecule has 0 aromatic carbocycles. The second-order valence-electron chi connectivity index (χ2n) is 4.40. The fraction of sp³-hybridized carbons (Fsp3) is 0.286. The number of pyridine rings is 2. The van der Waals surface area contributed by atoms with Crippen LogP contribution in [0.5, 0.6) is 0 Å². The third kappa shape index (κ3) is 3.90. The van der Waals surface area contributed by atoms with Crippen molar-refractivity contribution in [2.75, 3.05) is 6.61 Å². The molecule has 106 valence electrons. The summed E-state index contributed by atoms with van der Waals surface area (Å²) in [6, 6.07) is 8.95. The standard InChI is InChI=1S/C14H15Cl2N3O/c1-9-3-2-4-11(18-9)12(8-20)17-7-10-5-6-13(15)19-14(10)16/h2-6,12,17,20H,7-8H2,1H3. The maximum Gasteiger partial charge on any atom is 0.135 e. The highest BCUT2D eigenvalue weighted by atomic mass is 35.5. The van der Waals surface area contributed by atoms with Crippen LogP contribution >= 0.6 is 23.2 Å². The number of rotatable bonds is 5. The Hall–Kier alpha value is -1.20. The van der Waals surface area contributed by atoms with Gasteiger partial charge in [0.2, 0.25) is 0 Å². The first-order chi connectivity index (χ1) is 9.60. The number of nitrogens with one attached hydrogen (secondary N) is 1. The van der Waals surface area contributed by atoms with E-state index in [9.17, 15) is 5.11 Å². The van der Waals surface area contributed by atoms with E-state index in [4.69, 9.17) is 23.2 Å². The van der Waals surface area contributed by atoms with Crippen LogP contribution in [0, 0.1) is 6.92 Å². The number of aryl methyl sites for hydroxylation is 1. The Bertz CT molecular complexity index is 592. The first kappa shape index (κ1) is 15.2. The third-order valence-electron chi connectivity index (χ3n) is 2.88. The number of aliphatic hydroxyl groups is 1. The van der Waals surface area contributed by atoms with Crippen LogP contribution in [0.15, 0.2) is 30.3 Å². The van der Waals surface area contributed by atoms with Crippen LogP contribution in [0.4, 0.5) is 0 Å². The monoisotopic (exact) mass is 311 g/mol. The number of aromatic nitrogens is 2. The molecule has 0 radical (unpaired) electrons. The molecule has 6 heteroatoms. The van der Waals surface area contributed by atoms with Crippen molar-refractivity contribution in [3.8, 4) is 0 Å². The van der Waals surface area contributed by atoms with E-state index in [1.54, 1.807) is 6.07 Å². The number of hydrogen-bond donors (Lipinski definition) is 2. The average molecular weight is 312 g/mol. The Balaban J connectivity index is 2.07. The average Bonchev–Trinajstić information content (AvgIpc) is 2.41. The van der Waals surface area contributed by atoms with Crippen molar-refractivity contribution in [3.63, 3.8) is 0 Å². The molecular formula is C14H15Cl2N3O. The van der Waals surface area contributed by atoms with Gasteiger partial charge < -0.3 is 10.4 Å². The molecule has 0 saturated carbocycles. The highest BCUT2D eigenvalue weighted by Crippen LogP contribution is 2.18. The highest BCUT2D eigenvalue weighted by molar-refractivity contribution is 6.32. The molecular weight excluding hydrogens is 297 g/mol. The summed E-state index contributed by atoms with van der Waals surface area (Å²) < 4.78 is 0. The molecule has 2 aromatic rings. The molecule has 0 spiro atoms. The molecule has 2 rings (SSSR count). The van der Waals surface area contributed by atoms with Crippen molar-refractivity contribution < 1.29 is 5.11 Å². The largest absolute Gasteiger partial charge is 0.394 e. The van der Waals surface area contributed by atoms with Gasteiger partial charge in [0.05, 0.1) is 18.3 Å². The van der Waals surface area contributed by atoms with Crippen molar-refractivity contribution in [2.24, 2.45) is 0 Å². The van der Waals surface area contributed by atoms with Gasteiger partial charge in [0.25, 0.3) is 0 Å². The second kappa shape index (κ2) is 6.99. The van der Waals surface area contributed by atoms with E-state index in [2.05, 4.69) is 15.3 Å². The Morgan fingerprint density at radius 2 is 2.00 bits per heavy atom. The summed E-state index contributed by atoms with van der Waals surface area (Å²) in [4.78, 5) is 8.38. The molecule has 1 atom stereocenters. The van der Waals surface area contributed by atoms with Gasteiger partial charge in [-0.05, 0) is 25.1 Å². The first-order valence-electron chi connectivity index (χ1n) is 6.19. The summed E-state index contributed by atoms with van der Waals surface area (Å²) in [6.45, 7) is 2.34. The van der Waals surface area contributed by atoms with E-state index in [1.165, 1.54) is 0 Å². The van der Waals surface area contributed by atoms with E-state index in [-0.39, 0.29) is 12.6 Å². The fourth-order valence-electron chi connectivity index (χ4n) is 1.83. The molecule has 0 aliphatic carbocycles. The van der Waals surface area contributed by atoms with E-state index in [0.717, 1.165) is 17.0 Å². The van der Waals surface area contributed by atoms with Crippen LogP contribution in [0.1, 0.15) is 23.0 Å². The van der Waals surface area contributed by atoms with Crippen molar-refractivity contribution in [2.45, 2.75) is 19.5 Å². The van der Waals surface area contributed by atoms with Crippen LogP contribution in [-0.2, 0) is 6.54 Å². The Morgan fingerprint density at radius 1 is 1.20 bits per heavy atom. The normalized spacial score (nSPS) is 12.4. The minimum absolute atomic E-state index is 0.0465. The summed E-state index contributed by atoms with van der Waals surface area (Å²) in [5, 5.41) is 13.4. The first-order valence-corrected chi connectivity index (χ1v) is 6.94. The van der Waals surface area contributed by atoms with Gasteiger partial charge in [-0.15, -0.1) is 0 Å². The molecule has 0 bridgehead atoms. The molecule has 0 amide bonds. The summed E-state index contributed by atoms with van der Waals surface area (Å²) in [6.07, 6.45) is 0. The molecule has 20 heavy (non-hydrogen) atoms. The number of nitrogens with zero attached hydrogens (tertiary/aromatic N) is 2. The minimum atomic E-state index is -0.248. The van der Waals surface area contributed by atoms with Gasteiger partial charge in [-0.1, -0.05) is 35.3 Å². The van der Waals surface area contributed by atoms with Gasteiger partial charge in [0.1, 0.15) is 10.3 Å². The van der Waals surface area contributed by atoms with Gasteiger partial charge in [-0.2, -0.15) is 0 Å². The third-order valence-corrected chi connectivity index (χ3v) is 3.42. The van der Waals surface area contributed by atoms with E-state index in [1.807, 2.05) is 31.2 Å². The maximum absolute atomic E-state index is 9.49. The summed E-state index contributed by atoms with van der Waals surface area (Å²) >= 11 is 11.8. The molecule has 1 unspecified atom stereocenters. The predicted octanol–water partition coefficient (Wildman–Crippen LogP) is 2.92. The fourth-order valence-corrected chi connectivity index (χ4v) is 2.24. The molecule has 0 saturated heterocycles. The zero-order valence-electron chi connectivity index (χ0n) is 11.0. The molecule has 0 aliphatic heterocycles. The van der Waals surface area contributed by atoms with Crippen LogP contribution < -0.4 is 5.32 Å². The van der Waals surface area contributed by atoms with Crippen LogP contribution in [0.3, 0.4) is 0 Å². The van der Waals surface area contributed by atoms with Gasteiger partial charge >= 0.3 is 0 Å². The smallest absolute Gasteiger partial charge is 0.135 e. The van der Waals surface area contributed by atoms with Crippen LogP contribution in [0.25, 0.3) is 0 Å². The van der Waals surface area contributed by atoms with E-state index in [0.29, 0.717) is 16.9 Å². The zero-order chi connectivity index (χ0) is 14.5. The molecule has 2 heterocycles. The maximum atomic E-state index is 9.49. The number of hydrogen-bond acceptors (Lipinski definition) is 4. The lowest BCUT2D eigenvalue weighted by Gasteiger charge is -2.16. The van der Waals surface area contributed by atoms with Crippen molar-refractivity contribution >= 4 is 23.2 Å². The highest BCUT2D eigenvalue weighted by Gasteiger charge is 2.12. The lowest BCUT2D eigenvalue weighted by molar-refractivity contribution is 0.241. The quantitative estimate of drug-likeness (QED) is 0.834. The molecule has 2 aromatic heterocycles. The Morgan fingerprint density at radius 3 is 2.65 bits per heavy atom. The Labute approximate surface area is 127 Å². The van der Waals surface area contributed by atoms with Crippen LogP contribution in [0.2, 0.25) is 10.3 Å². The van der Waals surface area contributed by atoms with Crippen molar-refractivity contribution in [3.05, 3.63) is 57.6 Å². The number of aliphatic hydroxyl groups excluding tert-OH is 1. The van der Waals surface area contributed by atoms with Gasteiger partial charge in [0, 0.05) is 17.8 Å². The molecule has 0 aliphatic rings. The topological polar surface area (TPSA) is 58.0 Å². The Kier molecular flexibility index (Phi) is 5.31. The summed E-state index contributed by atoms with van der Waals surface area (Å²) in [5.41, 5.74) is 2.53. The molecule has 0 fully saturated rings. The van der Waals surface area contributed by atoms with Gasteiger partial charge in [0.15, 0.2) is 0 Å². The van der Waals surface area contributed by atoms with Gasteiger partial charge in [-0.3, -0.25) is 4.98 Å². The molecule has 4 nitrogen and oxygen atoms in total. The zero-order valence-corrected chi connectivity index (χ0v) is 12.5. The summed E-state index contributed by atoms with van der Waals surface area (Å²) in [7, 11) is 0. The number of halogens is 2. The van der Waals surface area contributed by atoms with Crippen molar-refractivity contribution in [1.29, 1.82) is 0 Å². The van der Waals surface area contributed by atoms with Gasteiger partial charge in [-0.25, -0.2) is 4.98 Å².